The Morgan fingerprint density at radius 3 is 2.43 bits per heavy atom. The molecule has 1 unspecified atom stereocenters. The number of benzene rings is 4. The lowest BCUT2D eigenvalue weighted by Gasteiger charge is -2.36. The van der Waals surface area contributed by atoms with Gasteiger partial charge < -0.3 is 24.8 Å². The molecule has 0 aromatic heterocycles. The molecule has 8 nitrogen and oxygen atoms in total. The second kappa shape index (κ2) is 11.4. The molecule has 0 bridgehead atoms. The number of carboxylic acids is 1. The number of hydrogen-bond acceptors (Lipinski definition) is 5. The molecule has 10 heteroatoms. The number of anilines is 1. The number of ether oxygens (including phenoxy) is 2. The number of hydrogen-bond donors (Lipinski definition) is 2. The highest BCUT2D eigenvalue weighted by molar-refractivity contribution is 6.42. The Hall–Kier alpha value is -4.53. The van der Waals surface area contributed by atoms with E-state index in [1.165, 1.54) is 4.90 Å². The predicted octanol–water partition coefficient (Wildman–Crippen LogP) is 6.30. The lowest BCUT2D eigenvalue weighted by Crippen LogP contribution is -2.48. The van der Waals surface area contributed by atoms with Crippen LogP contribution in [0.3, 0.4) is 0 Å². The summed E-state index contributed by atoms with van der Waals surface area (Å²) in [5.74, 6) is -0.753. The second-order valence-electron chi connectivity index (χ2n) is 10.1. The molecule has 0 aliphatic carbocycles. The number of halogens is 2. The largest absolute Gasteiger partial charge is 0.489 e. The fourth-order valence-electron chi connectivity index (χ4n) is 5.12. The minimum absolute atomic E-state index is 0.0974. The topological polar surface area (TPSA) is 105 Å². The number of carbonyl (C=O) groups is 3. The number of fused-ring (bicyclic) bond motifs is 2. The molecule has 0 saturated carbocycles. The Kier molecular flexibility index (Phi) is 7.49. The van der Waals surface area contributed by atoms with E-state index in [1.54, 1.807) is 78.9 Å². The molecular weight excluding hydrogens is 579 g/mol. The van der Waals surface area contributed by atoms with Crippen molar-refractivity contribution in [2.75, 3.05) is 5.32 Å². The van der Waals surface area contributed by atoms with Crippen LogP contribution in [0.1, 0.15) is 38.7 Å². The van der Waals surface area contributed by atoms with Crippen LogP contribution in [-0.4, -0.2) is 33.8 Å². The fraction of sp³-hybridized carbons (Fsp3) is 0.156. The smallest absolute Gasteiger partial charge is 0.326 e. The van der Waals surface area contributed by atoms with Gasteiger partial charge in [-0.15, -0.1) is 0 Å². The average Bonchev–Trinajstić information content (AvgIpc) is 3.00. The first-order chi connectivity index (χ1) is 20.3. The first kappa shape index (κ1) is 27.6. The first-order valence-electron chi connectivity index (χ1n) is 13.2. The summed E-state index contributed by atoms with van der Waals surface area (Å²) in [6.45, 7) is 0.391. The fourth-order valence-corrected chi connectivity index (χ4v) is 5.45. The third-order valence-corrected chi connectivity index (χ3v) is 8.05. The molecule has 4 aromatic carbocycles. The van der Waals surface area contributed by atoms with Gasteiger partial charge in [-0.05, 0) is 65.2 Å². The molecular formula is C32H24Cl2N2O6. The van der Waals surface area contributed by atoms with E-state index in [0.717, 1.165) is 16.7 Å². The van der Waals surface area contributed by atoms with Gasteiger partial charge in [-0.1, -0.05) is 59.6 Å². The van der Waals surface area contributed by atoms with Crippen LogP contribution < -0.4 is 14.8 Å². The van der Waals surface area contributed by atoms with E-state index in [0.29, 0.717) is 45.0 Å². The van der Waals surface area contributed by atoms with E-state index in [1.807, 2.05) is 6.07 Å². The van der Waals surface area contributed by atoms with Gasteiger partial charge in [0, 0.05) is 24.1 Å². The Morgan fingerprint density at radius 2 is 1.71 bits per heavy atom. The highest BCUT2D eigenvalue weighted by Crippen LogP contribution is 2.40. The van der Waals surface area contributed by atoms with Gasteiger partial charge in [-0.25, -0.2) is 4.79 Å². The molecule has 0 spiro atoms. The SMILES string of the molecule is O=C(O)C1Cc2cc3c(cc2CN1C(=O)c1ccccc1)O[C@@H](c1ccc(OCc2ccc(Cl)c(Cl)c2)cc1)C(=O)N3. The Labute approximate surface area is 251 Å². The Bertz CT molecular complexity index is 1690. The number of aliphatic carboxylic acids is 1. The van der Waals surface area contributed by atoms with Crippen molar-refractivity contribution in [3.8, 4) is 11.5 Å². The van der Waals surface area contributed by atoms with E-state index in [9.17, 15) is 19.5 Å². The molecule has 2 aliphatic rings. The summed E-state index contributed by atoms with van der Waals surface area (Å²) in [6.07, 6.45) is -0.795. The van der Waals surface area contributed by atoms with E-state index in [-0.39, 0.29) is 24.8 Å². The van der Waals surface area contributed by atoms with Crippen molar-refractivity contribution in [2.24, 2.45) is 0 Å². The molecule has 2 atom stereocenters. The summed E-state index contributed by atoms with van der Waals surface area (Å²) in [5, 5.41) is 13.7. The minimum atomic E-state index is -1.09. The van der Waals surface area contributed by atoms with Crippen molar-refractivity contribution in [1.82, 2.24) is 4.90 Å². The molecule has 0 saturated heterocycles. The minimum Gasteiger partial charge on any atom is -0.489 e. The van der Waals surface area contributed by atoms with Gasteiger partial charge in [0.05, 0.1) is 15.7 Å². The number of carboxylic acid groups (broad SMARTS) is 1. The maximum absolute atomic E-state index is 13.2. The number of nitrogens with zero attached hydrogens (tertiary/aromatic N) is 1. The average molecular weight is 603 g/mol. The molecule has 2 aliphatic heterocycles. The van der Waals surface area contributed by atoms with Gasteiger partial charge in [0.25, 0.3) is 11.8 Å². The van der Waals surface area contributed by atoms with Crippen LogP contribution in [0.5, 0.6) is 11.5 Å². The van der Waals surface area contributed by atoms with Crippen LogP contribution >= 0.6 is 23.2 Å². The van der Waals surface area contributed by atoms with Crippen LogP contribution in [0.15, 0.2) is 84.9 Å². The summed E-state index contributed by atoms with van der Waals surface area (Å²) in [5.41, 5.74) is 3.87. The normalized spacial score (nSPS) is 17.4. The van der Waals surface area contributed by atoms with Gasteiger partial charge in [0.1, 0.15) is 24.1 Å². The van der Waals surface area contributed by atoms with Crippen LogP contribution in [0.4, 0.5) is 5.69 Å². The van der Waals surface area contributed by atoms with E-state index in [4.69, 9.17) is 32.7 Å². The predicted molar refractivity (Wildman–Crippen MR) is 157 cm³/mol. The van der Waals surface area contributed by atoms with Crippen molar-refractivity contribution in [3.05, 3.63) is 123 Å². The van der Waals surface area contributed by atoms with Crippen LogP contribution in [0.25, 0.3) is 0 Å². The lowest BCUT2D eigenvalue weighted by molar-refractivity contribution is -0.142. The van der Waals surface area contributed by atoms with Crippen LogP contribution in [0.2, 0.25) is 10.0 Å². The summed E-state index contributed by atoms with van der Waals surface area (Å²) in [6, 6.07) is 23.4. The summed E-state index contributed by atoms with van der Waals surface area (Å²) < 4.78 is 12.0. The van der Waals surface area contributed by atoms with Gasteiger partial charge in [-0.3, -0.25) is 9.59 Å². The summed E-state index contributed by atoms with van der Waals surface area (Å²) in [7, 11) is 0. The summed E-state index contributed by atoms with van der Waals surface area (Å²) in [4.78, 5) is 39.7. The summed E-state index contributed by atoms with van der Waals surface area (Å²) >= 11 is 12.0. The van der Waals surface area contributed by atoms with Crippen molar-refractivity contribution in [2.45, 2.75) is 31.7 Å². The molecule has 4 aromatic rings. The maximum atomic E-state index is 13.2. The molecule has 6 rings (SSSR count). The van der Waals surface area contributed by atoms with Crippen molar-refractivity contribution in [1.29, 1.82) is 0 Å². The van der Waals surface area contributed by atoms with Gasteiger partial charge >= 0.3 is 5.97 Å². The highest BCUT2D eigenvalue weighted by Gasteiger charge is 2.37. The number of carbonyl (C=O) groups excluding carboxylic acids is 2. The van der Waals surface area contributed by atoms with E-state index >= 15 is 0 Å². The molecule has 42 heavy (non-hydrogen) atoms. The molecule has 2 N–H and O–H groups in total. The number of nitrogens with one attached hydrogen (secondary N) is 1. The quantitative estimate of drug-likeness (QED) is 0.268. The standard InChI is InChI=1S/C32H24Cl2N2O6/c33-24-11-6-18(12-25(24)34)17-41-23-9-7-19(8-10-23)29-30(37)35-26-13-21-14-27(32(39)40)36(16-22(21)15-28(26)42-29)31(38)20-4-2-1-3-5-20/h1-13,15,27,29H,14,16-17H2,(H,35,37)(H,39,40)/t27?,29-/m0/s1. The number of rotatable bonds is 6. The van der Waals surface area contributed by atoms with Crippen molar-refractivity contribution in [3.63, 3.8) is 0 Å². The third-order valence-electron chi connectivity index (χ3n) is 7.31. The number of amides is 2. The van der Waals surface area contributed by atoms with Gasteiger partial charge in [0.15, 0.2) is 0 Å². The third kappa shape index (κ3) is 5.51. The first-order valence-corrected chi connectivity index (χ1v) is 13.9. The van der Waals surface area contributed by atoms with Gasteiger partial charge in [-0.2, -0.15) is 0 Å². The monoisotopic (exact) mass is 602 g/mol. The lowest BCUT2D eigenvalue weighted by atomic mass is 9.91. The second-order valence-corrected chi connectivity index (χ2v) is 10.9. The van der Waals surface area contributed by atoms with Crippen LogP contribution in [0, 0.1) is 0 Å². The molecule has 212 valence electrons. The zero-order valence-electron chi connectivity index (χ0n) is 22.1. The molecule has 2 heterocycles. The van der Waals surface area contributed by atoms with Gasteiger partial charge in [0.2, 0.25) is 6.10 Å². The Balaban J connectivity index is 1.19. The molecule has 0 radical (unpaired) electrons. The van der Waals surface area contributed by atoms with Crippen molar-refractivity contribution >= 4 is 46.7 Å². The van der Waals surface area contributed by atoms with E-state index in [2.05, 4.69) is 5.32 Å². The zero-order valence-corrected chi connectivity index (χ0v) is 23.6. The zero-order chi connectivity index (χ0) is 29.4. The van der Waals surface area contributed by atoms with Crippen LogP contribution in [-0.2, 0) is 29.2 Å². The van der Waals surface area contributed by atoms with Crippen molar-refractivity contribution < 1.29 is 29.0 Å². The Morgan fingerprint density at radius 1 is 0.952 bits per heavy atom. The van der Waals surface area contributed by atoms with E-state index < -0.39 is 18.1 Å². The molecule has 0 fully saturated rings. The maximum Gasteiger partial charge on any atom is 0.326 e. The highest BCUT2D eigenvalue weighted by atomic mass is 35.5. The molecule has 2 amide bonds.